The van der Waals surface area contributed by atoms with E-state index in [2.05, 4.69) is 81.5 Å². The highest BCUT2D eigenvalue weighted by atomic mass is 16.6. The normalized spacial score (nSPS) is 12.5. The zero-order valence-electron chi connectivity index (χ0n) is 37.3. The van der Waals surface area contributed by atoms with Crippen LogP contribution in [0, 0.1) is 0 Å². The maximum Gasteiger partial charge on any atom is 0.306 e. The first-order chi connectivity index (χ1) is 28.0. The summed E-state index contributed by atoms with van der Waals surface area (Å²) in [6.45, 7) is 6.43. The Bertz CT molecular complexity index is 1050. The first kappa shape index (κ1) is 54.1. The Morgan fingerprint density at radius 2 is 0.702 bits per heavy atom. The summed E-state index contributed by atoms with van der Waals surface area (Å²) in [5, 5.41) is 0. The summed E-state index contributed by atoms with van der Waals surface area (Å²) in [5.74, 6) is -0.948. The Hall–Kier alpha value is -2.89. The van der Waals surface area contributed by atoms with Crippen molar-refractivity contribution < 1.29 is 28.6 Å². The van der Waals surface area contributed by atoms with Gasteiger partial charge in [-0.3, -0.25) is 14.4 Å². The van der Waals surface area contributed by atoms with E-state index in [4.69, 9.17) is 14.2 Å². The van der Waals surface area contributed by atoms with Crippen molar-refractivity contribution in [2.24, 2.45) is 0 Å². The maximum atomic E-state index is 12.7. The fraction of sp³-hybridized carbons (Fsp3) is 0.745. The van der Waals surface area contributed by atoms with Crippen molar-refractivity contribution in [3.63, 3.8) is 0 Å². The molecule has 0 aliphatic heterocycles. The lowest BCUT2D eigenvalue weighted by Crippen LogP contribution is -2.30. The lowest BCUT2D eigenvalue weighted by molar-refractivity contribution is -0.167. The number of allylic oxidation sites excluding steroid dienone is 10. The van der Waals surface area contributed by atoms with Crippen molar-refractivity contribution >= 4 is 17.9 Å². The average Bonchev–Trinajstić information content (AvgIpc) is 3.21. The smallest absolute Gasteiger partial charge is 0.306 e. The first-order valence-electron chi connectivity index (χ1n) is 23.8. The lowest BCUT2D eigenvalue weighted by Gasteiger charge is -2.18. The van der Waals surface area contributed by atoms with E-state index in [1.807, 2.05) is 0 Å². The van der Waals surface area contributed by atoms with Gasteiger partial charge in [0.1, 0.15) is 13.2 Å². The molecule has 1 unspecified atom stereocenters. The van der Waals surface area contributed by atoms with Crippen LogP contribution >= 0.6 is 0 Å². The van der Waals surface area contributed by atoms with Crippen LogP contribution in [-0.4, -0.2) is 37.2 Å². The van der Waals surface area contributed by atoms with E-state index in [0.717, 1.165) is 109 Å². The molecule has 0 aliphatic carbocycles. The minimum Gasteiger partial charge on any atom is -0.462 e. The van der Waals surface area contributed by atoms with Gasteiger partial charge in [0, 0.05) is 19.3 Å². The van der Waals surface area contributed by atoms with E-state index in [1.165, 1.54) is 77.0 Å². The molecular weight excluding hydrogens is 709 g/mol. The van der Waals surface area contributed by atoms with Crippen molar-refractivity contribution in [2.75, 3.05) is 13.2 Å². The summed E-state index contributed by atoms with van der Waals surface area (Å²) < 4.78 is 16.7. The third-order valence-electron chi connectivity index (χ3n) is 10.0. The monoisotopic (exact) mass is 797 g/mol. The van der Waals surface area contributed by atoms with Crippen molar-refractivity contribution in [3.05, 3.63) is 60.8 Å². The second kappa shape index (κ2) is 45.8. The van der Waals surface area contributed by atoms with E-state index in [1.54, 1.807) is 0 Å². The van der Waals surface area contributed by atoms with E-state index in [-0.39, 0.29) is 31.1 Å². The Morgan fingerprint density at radius 1 is 0.368 bits per heavy atom. The molecule has 0 saturated carbocycles. The van der Waals surface area contributed by atoms with Gasteiger partial charge in [-0.15, -0.1) is 0 Å². The second-order valence-electron chi connectivity index (χ2n) is 15.7. The van der Waals surface area contributed by atoms with Gasteiger partial charge in [0.05, 0.1) is 0 Å². The van der Waals surface area contributed by atoms with E-state index in [0.29, 0.717) is 19.3 Å². The van der Waals surface area contributed by atoms with Crippen molar-refractivity contribution in [1.82, 2.24) is 0 Å². The Morgan fingerprint density at radius 3 is 1.12 bits per heavy atom. The van der Waals surface area contributed by atoms with Gasteiger partial charge in [0.2, 0.25) is 0 Å². The molecular formula is C51H88O6. The number of hydrogen-bond donors (Lipinski definition) is 0. The molecule has 0 aromatic rings. The van der Waals surface area contributed by atoms with Gasteiger partial charge >= 0.3 is 17.9 Å². The molecule has 0 heterocycles. The number of carbonyl (C=O) groups is 3. The molecule has 6 heteroatoms. The van der Waals surface area contributed by atoms with Crippen LogP contribution in [0.5, 0.6) is 0 Å². The van der Waals surface area contributed by atoms with Crippen LogP contribution in [0.15, 0.2) is 60.8 Å². The summed E-state index contributed by atoms with van der Waals surface area (Å²) in [6.07, 6.45) is 54.9. The quantitative estimate of drug-likeness (QED) is 0.0201. The number of carbonyl (C=O) groups excluding carboxylic acids is 3. The fourth-order valence-electron chi connectivity index (χ4n) is 6.43. The molecule has 6 nitrogen and oxygen atoms in total. The third-order valence-corrected chi connectivity index (χ3v) is 10.0. The van der Waals surface area contributed by atoms with Gasteiger partial charge in [0.25, 0.3) is 0 Å². The van der Waals surface area contributed by atoms with Gasteiger partial charge in [-0.05, 0) is 89.9 Å². The summed E-state index contributed by atoms with van der Waals surface area (Å²) in [6, 6.07) is 0. The summed E-state index contributed by atoms with van der Waals surface area (Å²) in [4.78, 5) is 37.8. The Labute approximate surface area is 351 Å². The molecule has 0 saturated heterocycles. The molecule has 328 valence electrons. The zero-order valence-corrected chi connectivity index (χ0v) is 37.3. The Balaban J connectivity index is 4.46. The maximum absolute atomic E-state index is 12.7. The molecule has 0 radical (unpaired) electrons. The van der Waals surface area contributed by atoms with Crippen molar-refractivity contribution in [2.45, 2.75) is 232 Å². The number of unbranched alkanes of at least 4 members (excludes halogenated alkanes) is 23. The standard InChI is InChI=1S/C51H88O6/c1-4-7-10-13-16-19-22-25-28-31-34-37-40-43-49(52)55-46-48(57-51(54)45-42-39-36-33-30-27-24-21-18-15-12-9-6-3)47-56-50(53)44-41-38-35-32-29-26-23-20-17-14-11-8-5-2/h7,10,13,16,19,22,26-27,29-30,48H,4-6,8-9,11-12,14-15,17-18,20-21,23-25,28,31-47H2,1-3H3/b10-7+,16-13+,22-19+,29-26+,30-27+. The highest BCUT2D eigenvalue weighted by Crippen LogP contribution is 2.13. The molecule has 57 heavy (non-hydrogen) atoms. The number of ether oxygens (including phenoxy) is 3. The minimum absolute atomic E-state index is 0.0951. The van der Waals surface area contributed by atoms with E-state index < -0.39 is 6.10 Å². The molecule has 0 aliphatic rings. The molecule has 0 amide bonds. The number of rotatable bonds is 42. The summed E-state index contributed by atoms with van der Waals surface area (Å²) >= 11 is 0. The van der Waals surface area contributed by atoms with Crippen molar-refractivity contribution in [1.29, 1.82) is 0 Å². The largest absolute Gasteiger partial charge is 0.462 e. The molecule has 0 aromatic carbocycles. The van der Waals surface area contributed by atoms with Crippen LogP contribution in [-0.2, 0) is 28.6 Å². The van der Waals surface area contributed by atoms with Gasteiger partial charge < -0.3 is 14.2 Å². The van der Waals surface area contributed by atoms with Crippen LogP contribution in [0.2, 0.25) is 0 Å². The lowest BCUT2D eigenvalue weighted by atomic mass is 10.1. The molecule has 0 spiro atoms. The highest BCUT2D eigenvalue weighted by molar-refractivity contribution is 5.71. The Kier molecular flexibility index (Phi) is 43.5. The van der Waals surface area contributed by atoms with Gasteiger partial charge in [-0.1, -0.05) is 178 Å². The predicted molar refractivity (Wildman–Crippen MR) is 242 cm³/mol. The number of esters is 3. The molecule has 1 atom stereocenters. The predicted octanol–water partition coefficient (Wildman–Crippen LogP) is 15.3. The van der Waals surface area contributed by atoms with Crippen LogP contribution in [0.25, 0.3) is 0 Å². The molecule has 0 N–H and O–H groups in total. The minimum atomic E-state index is -0.794. The summed E-state index contributed by atoms with van der Waals surface area (Å²) in [7, 11) is 0. The van der Waals surface area contributed by atoms with Crippen LogP contribution in [0.3, 0.4) is 0 Å². The molecule has 0 rings (SSSR count). The van der Waals surface area contributed by atoms with E-state index >= 15 is 0 Å². The van der Waals surface area contributed by atoms with Crippen LogP contribution in [0.4, 0.5) is 0 Å². The average molecular weight is 797 g/mol. The topological polar surface area (TPSA) is 78.9 Å². The third kappa shape index (κ3) is 44.1. The van der Waals surface area contributed by atoms with Gasteiger partial charge in [0.15, 0.2) is 6.10 Å². The van der Waals surface area contributed by atoms with E-state index in [9.17, 15) is 14.4 Å². The second-order valence-corrected chi connectivity index (χ2v) is 15.7. The SMILES string of the molecule is CC/C=C/C=C/C=C/CCCCCCCC(=O)OCC(COC(=O)CCCCC/C=C/CCCCCCCC)OC(=O)CCCCC/C=C/CCCCCCCC. The first-order valence-corrected chi connectivity index (χ1v) is 23.8. The van der Waals surface area contributed by atoms with Crippen LogP contribution in [0.1, 0.15) is 226 Å². The zero-order chi connectivity index (χ0) is 41.5. The highest BCUT2D eigenvalue weighted by Gasteiger charge is 2.19. The molecule has 0 aromatic heterocycles. The summed E-state index contributed by atoms with van der Waals surface area (Å²) in [5.41, 5.74) is 0. The van der Waals surface area contributed by atoms with Gasteiger partial charge in [-0.25, -0.2) is 0 Å². The molecule has 0 fully saturated rings. The molecule has 0 bridgehead atoms. The van der Waals surface area contributed by atoms with Crippen LogP contribution < -0.4 is 0 Å². The van der Waals surface area contributed by atoms with Crippen molar-refractivity contribution in [3.8, 4) is 0 Å². The fourth-order valence-corrected chi connectivity index (χ4v) is 6.43. The number of hydrogen-bond acceptors (Lipinski definition) is 6. The van der Waals surface area contributed by atoms with Gasteiger partial charge in [-0.2, -0.15) is 0 Å².